The highest BCUT2D eigenvalue weighted by Gasteiger charge is 2.35. The van der Waals surface area contributed by atoms with Gasteiger partial charge in [0.15, 0.2) is 5.82 Å². The molecule has 0 unspecified atom stereocenters. The van der Waals surface area contributed by atoms with Crippen molar-refractivity contribution in [1.82, 2.24) is 20.1 Å². The van der Waals surface area contributed by atoms with Crippen LogP contribution in [0.5, 0.6) is 0 Å². The van der Waals surface area contributed by atoms with Gasteiger partial charge < -0.3 is 4.90 Å². The fourth-order valence-corrected chi connectivity index (χ4v) is 3.04. The Hall–Kier alpha value is -2.77. The SMILES string of the molecule is CC(C)[C@H](C(=O)Nc1n[nH]c(-c2ccccc2F)n1)N1CCCC1=O. The molecule has 1 fully saturated rings. The fraction of sp³-hybridized carbons (Fsp3) is 0.412. The van der Waals surface area contributed by atoms with Crippen LogP contribution in [0.15, 0.2) is 24.3 Å². The van der Waals surface area contributed by atoms with E-state index in [1.165, 1.54) is 6.07 Å². The number of benzene rings is 1. The van der Waals surface area contributed by atoms with Crippen molar-refractivity contribution in [3.8, 4) is 11.4 Å². The first-order valence-electron chi connectivity index (χ1n) is 8.25. The maximum atomic E-state index is 13.8. The zero-order valence-corrected chi connectivity index (χ0v) is 14.1. The summed E-state index contributed by atoms with van der Waals surface area (Å²) in [4.78, 5) is 30.3. The third kappa shape index (κ3) is 3.52. The summed E-state index contributed by atoms with van der Waals surface area (Å²) in [5.74, 6) is -0.557. The Morgan fingerprint density at radius 2 is 2.12 bits per heavy atom. The maximum absolute atomic E-state index is 13.8. The molecule has 0 bridgehead atoms. The number of hydrogen-bond acceptors (Lipinski definition) is 4. The second-order valence-corrected chi connectivity index (χ2v) is 6.36. The highest BCUT2D eigenvalue weighted by Crippen LogP contribution is 2.22. The van der Waals surface area contributed by atoms with E-state index in [-0.39, 0.29) is 35.1 Å². The number of rotatable bonds is 5. The number of halogens is 1. The largest absolute Gasteiger partial charge is 0.330 e. The number of carbonyl (C=O) groups is 2. The summed E-state index contributed by atoms with van der Waals surface area (Å²) in [5, 5.41) is 9.16. The highest BCUT2D eigenvalue weighted by atomic mass is 19.1. The highest BCUT2D eigenvalue weighted by molar-refractivity contribution is 5.96. The first-order valence-corrected chi connectivity index (χ1v) is 8.25. The van der Waals surface area contributed by atoms with Gasteiger partial charge in [0.2, 0.25) is 17.8 Å². The van der Waals surface area contributed by atoms with E-state index in [0.29, 0.717) is 13.0 Å². The number of likely N-dealkylation sites (tertiary alicyclic amines) is 1. The zero-order chi connectivity index (χ0) is 18.0. The van der Waals surface area contributed by atoms with Crippen LogP contribution >= 0.6 is 0 Å². The number of carbonyl (C=O) groups excluding carboxylic acids is 2. The zero-order valence-electron chi connectivity index (χ0n) is 14.1. The van der Waals surface area contributed by atoms with Gasteiger partial charge in [0.05, 0.1) is 5.56 Å². The van der Waals surface area contributed by atoms with Crippen molar-refractivity contribution in [1.29, 1.82) is 0 Å². The number of anilines is 1. The molecule has 2 amide bonds. The van der Waals surface area contributed by atoms with Crippen LogP contribution in [0.3, 0.4) is 0 Å². The third-order valence-corrected chi connectivity index (χ3v) is 4.20. The normalized spacial score (nSPS) is 15.7. The summed E-state index contributed by atoms with van der Waals surface area (Å²) < 4.78 is 13.8. The van der Waals surface area contributed by atoms with Crippen molar-refractivity contribution < 1.29 is 14.0 Å². The van der Waals surface area contributed by atoms with Gasteiger partial charge >= 0.3 is 0 Å². The van der Waals surface area contributed by atoms with Crippen LogP contribution in [0.4, 0.5) is 10.3 Å². The number of aromatic nitrogens is 3. The summed E-state index contributed by atoms with van der Waals surface area (Å²) in [5.41, 5.74) is 0.269. The standard InChI is InChI=1S/C17H20FN5O2/c1-10(2)14(23-9-5-8-13(23)24)16(25)20-17-19-15(21-22-17)11-6-3-4-7-12(11)18/h3-4,6-7,10,14H,5,8-9H2,1-2H3,(H2,19,20,21,22,25)/t14-/m1/s1. The molecule has 0 saturated carbocycles. The molecule has 1 aromatic heterocycles. The lowest BCUT2D eigenvalue weighted by Gasteiger charge is -2.29. The first-order chi connectivity index (χ1) is 12.0. The van der Waals surface area contributed by atoms with Gasteiger partial charge in [0, 0.05) is 13.0 Å². The molecule has 1 aromatic carbocycles. The minimum Gasteiger partial charge on any atom is -0.330 e. The fourth-order valence-electron chi connectivity index (χ4n) is 3.04. The van der Waals surface area contributed by atoms with Gasteiger partial charge in [-0.3, -0.25) is 20.0 Å². The second kappa shape index (κ2) is 7.00. The van der Waals surface area contributed by atoms with E-state index in [0.717, 1.165) is 6.42 Å². The molecule has 1 aliphatic heterocycles. The maximum Gasteiger partial charge on any atom is 0.249 e. The molecule has 3 rings (SSSR count). The van der Waals surface area contributed by atoms with Crippen LogP contribution in [0.1, 0.15) is 26.7 Å². The van der Waals surface area contributed by atoms with Gasteiger partial charge in [-0.05, 0) is 24.5 Å². The van der Waals surface area contributed by atoms with Crippen molar-refractivity contribution in [2.24, 2.45) is 5.92 Å². The number of hydrogen-bond donors (Lipinski definition) is 2. The van der Waals surface area contributed by atoms with E-state index in [4.69, 9.17) is 0 Å². The average molecular weight is 345 g/mol. The molecule has 25 heavy (non-hydrogen) atoms. The molecule has 2 aromatic rings. The lowest BCUT2D eigenvalue weighted by Crippen LogP contribution is -2.48. The molecule has 1 atom stereocenters. The number of aromatic amines is 1. The lowest BCUT2D eigenvalue weighted by molar-refractivity contribution is -0.136. The topological polar surface area (TPSA) is 91.0 Å². The van der Waals surface area contributed by atoms with Gasteiger partial charge in [0.25, 0.3) is 0 Å². The Labute approximate surface area is 144 Å². The van der Waals surface area contributed by atoms with Gasteiger partial charge in [-0.2, -0.15) is 4.98 Å². The smallest absolute Gasteiger partial charge is 0.249 e. The number of nitrogens with one attached hydrogen (secondary N) is 2. The van der Waals surface area contributed by atoms with Crippen molar-refractivity contribution in [3.05, 3.63) is 30.1 Å². The quantitative estimate of drug-likeness (QED) is 0.869. The van der Waals surface area contributed by atoms with E-state index >= 15 is 0 Å². The van der Waals surface area contributed by atoms with E-state index in [9.17, 15) is 14.0 Å². The second-order valence-electron chi connectivity index (χ2n) is 6.36. The summed E-state index contributed by atoms with van der Waals surface area (Å²) in [7, 11) is 0. The molecule has 0 spiro atoms. The molecule has 2 heterocycles. The van der Waals surface area contributed by atoms with Gasteiger partial charge in [0.1, 0.15) is 11.9 Å². The molecule has 7 nitrogen and oxygen atoms in total. The van der Waals surface area contributed by atoms with Gasteiger partial charge in [-0.1, -0.05) is 26.0 Å². The Kier molecular flexibility index (Phi) is 4.78. The van der Waals surface area contributed by atoms with E-state index in [2.05, 4.69) is 20.5 Å². The van der Waals surface area contributed by atoms with Crippen LogP contribution in [0.25, 0.3) is 11.4 Å². The van der Waals surface area contributed by atoms with Crippen molar-refractivity contribution in [2.75, 3.05) is 11.9 Å². The Bertz CT molecular complexity index is 789. The molecular formula is C17H20FN5O2. The van der Waals surface area contributed by atoms with E-state index in [1.807, 2.05) is 13.8 Å². The molecule has 0 aliphatic carbocycles. The summed E-state index contributed by atoms with van der Waals surface area (Å²) in [6.45, 7) is 4.35. The first kappa shape index (κ1) is 17.1. The van der Waals surface area contributed by atoms with Crippen LogP contribution < -0.4 is 5.32 Å². The summed E-state index contributed by atoms with van der Waals surface area (Å²) >= 11 is 0. The predicted molar refractivity (Wildman–Crippen MR) is 90.0 cm³/mol. The number of amides is 2. The minimum absolute atomic E-state index is 0.0177. The van der Waals surface area contributed by atoms with Crippen molar-refractivity contribution in [2.45, 2.75) is 32.7 Å². The lowest BCUT2D eigenvalue weighted by atomic mass is 10.0. The minimum atomic E-state index is -0.578. The monoisotopic (exact) mass is 345 g/mol. The van der Waals surface area contributed by atoms with Gasteiger partial charge in [-0.15, -0.1) is 5.10 Å². The molecule has 1 saturated heterocycles. The predicted octanol–water partition coefficient (Wildman–Crippen LogP) is 2.20. The van der Waals surface area contributed by atoms with Crippen LogP contribution in [0.2, 0.25) is 0 Å². The van der Waals surface area contributed by atoms with Gasteiger partial charge in [-0.25, -0.2) is 4.39 Å². The molecular weight excluding hydrogens is 325 g/mol. The Balaban J connectivity index is 1.76. The average Bonchev–Trinajstić information content (AvgIpc) is 3.18. The third-order valence-electron chi connectivity index (χ3n) is 4.20. The van der Waals surface area contributed by atoms with Crippen molar-refractivity contribution in [3.63, 3.8) is 0 Å². The number of H-pyrrole nitrogens is 1. The summed E-state index contributed by atoms with van der Waals surface area (Å²) in [6.07, 6.45) is 1.22. The Morgan fingerprint density at radius 3 is 2.76 bits per heavy atom. The van der Waals surface area contributed by atoms with E-state index < -0.39 is 11.9 Å². The number of nitrogens with zero attached hydrogens (tertiary/aromatic N) is 3. The van der Waals surface area contributed by atoms with Crippen LogP contribution in [-0.4, -0.2) is 44.5 Å². The molecule has 132 valence electrons. The molecule has 2 N–H and O–H groups in total. The molecule has 8 heteroatoms. The van der Waals surface area contributed by atoms with E-state index in [1.54, 1.807) is 23.1 Å². The van der Waals surface area contributed by atoms with Crippen molar-refractivity contribution >= 4 is 17.8 Å². The van der Waals surface area contributed by atoms with Crippen LogP contribution in [0, 0.1) is 11.7 Å². The summed E-state index contributed by atoms with van der Waals surface area (Å²) in [6, 6.07) is 5.58. The van der Waals surface area contributed by atoms with Crippen LogP contribution in [-0.2, 0) is 9.59 Å². The Morgan fingerprint density at radius 1 is 1.36 bits per heavy atom. The molecule has 1 aliphatic rings. The molecule has 0 radical (unpaired) electrons.